The Balaban J connectivity index is 1.82. The van der Waals surface area contributed by atoms with Crippen LogP contribution < -0.4 is 5.32 Å². The second-order valence-electron chi connectivity index (χ2n) is 6.05. The van der Waals surface area contributed by atoms with E-state index in [0.717, 1.165) is 22.5 Å². The molecule has 0 unspecified atom stereocenters. The summed E-state index contributed by atoms with van der Waals surface area (Å²) in [6.45, 7) is 6.86. The summed E-state index contributed by atoms with van der Waals surface area (Å²) in [5, 5.41) is 3.40. The topological polar surface area (TPSA) is 62.3 Å². The number of aromatic nitrogens is 1. The van der Waals surface area contributed by atoms with Crippen LogP contribution >= 0.6 is 0 Å². The van der Waals surface area contributed by atoms with Gasteiger partial charge in [0.2, 0.25) is 0 Å². The number of benzene rings is 1. The first-order valence-corrected chi connectivity index (χ1v) is 8.15. The van der Waals surface area contributed by atoms with Crippen molar-refractivity contribution < 1.29 is 9.59 Å². The number of Topliss-reactive ketones (excluding diaryl/α,β-unsaturated/α-hetero) is 1. The van der Waals surface area contributed by atoms with Gasteiger partial charge in [-0.1, -0.05) is 24.3 Å². The second kappa shape index (κ2) is 6.43. The summed E-state index contributed by atoms with van der Waals surface area (Å²) in [5.74, 6) is 0.874. The van der Waals surface area contributed by atoms with Crippen LogP contribution in [0.1, 0.15) is 58.7 Å². The Labute approximate surface area is 141 Å². The lowest BCUT2D eigenvalue weighted by Gasteiger charge is -2.17. The fourth-order valence-electron chi connectivity index (χ4n) is 2.96. The summed E-state index contributed by atoms with van der Waals surface area (Å²) in [6.07, 6.45) is 1.67. The molecular formula is C19H21N3O2. The Kier molecular flexibility index (Phi) is 4.34. The zero-order chi connectivity index (χ0) is 17.3. The van der Waals surface area contributed by atoms with Crippen molar-refractivity contribution in [3.8, 4) is 0 Å². The molecule has 2 aromatic rings. The number of carbonyl (C=O) groups excluding carboxylic acids is 2. The van der Waals surface area contributed by atoms with Crippen molar-refractivity contribution in [3.05, 3.63) is 58.8 Å². The summed E-state index contributed by atoms with van der Waals surface area (Å²) in [4.78, 5) is 29.9. The summed E-state index contributed by atoms with van der Waals surface area (Å²) in [5.41, 5.74) is 3.45. The van der Waals surface area contributed by atoms with Gasteiger partial charge in [0.25, 0.3) is 5.91 Å². The summed E-state index contributed by atoms with van der Waals surface area (Å²) < 4.78 is 0. The number of amides is 1. The Bertz CT molecular complexity index is 784. The van der Waals surface area contributed by atoms with Crippen molar-refractivity contribution >= 4 is 17.5 Å². The van der Waals surface area contributed by atoms with Gasteiger partial charge in [0.15, 0.2) is 5.78 Å². The van der Waals surface area contributed by atoms with E-state index in [1.54, 1.807) is 19.2 Å². The van der Waals surface area contributed by atoms with Gasteiger partial charge in [0.05, 0.1) is 6.54 Å². The maximum Gasteiger partial charge on any atom is 0.254 e. The van der Waals surface area contributed by atoms with Crippen LogP contribution in [0.2, 0.25) is 0 Å². The molecule has 1 amide bonds. The van der Waals surface area contributed by atoms with E-state index in [1.165, 1.54) is 0 Å². The van der Waals surface area contributed by atoms with Gasteiger partial charge < -0.3 is 10.2 Å². The zero-order valence-corrected chi connectivity index (χ0v) is 14.2. The molecule has 0 bridgehead atoms. The number of pyridine rings is 1. The molecule has 3 rings (SSSR count). The first-order chi connectivity index (χ1) is 11.5. The fourth-order valence-corrected chi connectivity index (χ4v) is 2.96. The van der Waals surface area contributed by atoms with E-state index >= 15 is 0 Å². The quantitative estimate of drug-likeness (QED) is 0.856. The molecule has 1 atom stereocenters. The number of nitrogens with one attached hydrogen (secondary N) is 1. The molecule has 1 aromatic heterocycles. The minimum absolute atomic E-state index is 0.0239. The maximum atomic E-state index is 12.3. The average Bonchev–Trinajstić information content (AvgIpc) is 2.92. The van der Waals surface area contributed by atoms with E-state index in [2.05, 4.69) is 10.3 Å². The maximum absolute atomic E-state index is 12.3. The summed E-state index contributed by atoms with van der Waals surface area (Å²) in [7, 11) is 0. The van der Waals surface area contributed by atoms with Gasteiger partial charge in [0, 0.05) is 35.5 Å². The molecule has 0 aliphatic carbocycles. The van der Waals surface area contributed by atoms with Crippen LogP contribution in [-0.4, -0.2) is 28.1 Å². The number of nitrogens with zero attached hydrogens (tertiary/aromatic N) is 2. The molecule has 0 fully saturated rings. The Morgan fingerprint density at radius 2 is 2.00 bits per heavy atom. The standard InChI is InChI=1S/C19H21N3O2/c1-4-22-11-17-16(19(22)24)9-10-20-18(17)21-12(2)14-5-7-15(8-6-14)13(3)23/h5-10,12H,4,11H2,1-3H3,(H,20,21)/t12-/m0/s1. The Morgan fingerprint density at radius 1 is 1.29 bits per heavy atom. The molecule has 1 aliphatic heterocycles. The zero-order valence-electron chi connectivity index (χ0n) is 14.2. The largest absolute Gasteiger partial charge is 0.363 e. The average molecular weight is 323 g/mol. The second-order valence-corrected chi connectivity index (χ2v) is 6.05. The Hall–Kier alpha value is -2.69. The van der Waals surface area contributed by atoms with Gasteiger partial charge in [-0.25, -0.2) is 4.98 Å². The number of hydrogen-bond acceptors (Lipinski definition) is 4. The van der Waals surface area contributed by atoms with E-state index < -0.39 is 0 Å². The highest BCUT2D eigenvalue weighted by molar-refractivity contribution is 5.99. The highest BCUT2D eigenvalue weighted by Gasteiger charge is 2.29. The monoisotopic (exact) mass is 323 g/mol. The molecule has 124 valence electrons. The molecule has 0 saturated heterocycles. The molecule has 0 radical (unpaired) electrons. The van der Waals surface area contributed by atoms with Crippen LogP contribution in [0.5, 0.6) is 0 Å². The van der Waals surface area contributed by atoms with Gasteiger partial charge in [-0.15, -0.1) is 0 Å². The lowest BCUT2D eigenvalue weighted by atomic mass is 10.0. The van der Waals surface area contributed by atoms with Gasteiger partial charge >= 0.3 is 0 Å². The van der Waals surface area contributed by atoms with Crippen molar-refractivity contribution in [1.82, 2.24) is 9.88 Å². The van der Waals surface area contributed by atoms with Crippen LogP contribution in [0.15, 0.2) is 36.5 Å². The molecule has 0 saturated carbocycles. The summed E-state index contributed by atoms with van der Waals surface area (Å²) in [6, 6.07) is 9.37. The number of ketones is 1. The number of hydrogen-bond donors (Lipinski definition) is 1. The molecule has 1 aromatic carbocycles. The predicted octanol–water partition coefficient (Wildman–Crippen LogP) is 3.43. The number of fused-ring (bicyclic) bond motifs is 1. The van der Waals surface area contributed by atoms with Crippen LogP contribution in [0, 0.1) is 0 Å². The van der Waals surface area contributed by atoms with Gasteiger partial charge in [-0.05, 0) is 32.4 Å². The van der Waals surface area contributed by atoms with E-state index in [1.807, 2.05) is 43.0 Å². The Morgan fingerprint density at radius 3 is 2.62 bits per heavy atom. The molecule has 1 N–H and O–H groups in total. The van der Waals surface area contributed by atoms with Gasteiger partial charge in [-0.3, -0.25) is 9.59 Å². The lowest BCUT2D eigenvalue weighted by molar-refractivity contribution is 0.0787. The fraction of sp³-hybridized carbons (Fsp3) is 0.316. The molecule has 5 nitrogen and oxygen atoms in total. The molecule has 0 spiro atoms. The third-order valence-corrected chi connectivity index (χ3v) is 4.47. The molecular weight excluding hydrogens is 302 g/mol. The van der Waals surface area contributed by atoms with Crippen LogP contribution in [0.4, 0.5) is 5.82 Å². The first kappa shape index (κ1) is 16.2. The highest BCUT2D eigenvalue weighted by Crippen LogP contribution is 2.29. The number of carbonyl (C=O) groups is 2. The third kappa shape index (κ3) is 2.89. The van der Waals surface area contributed by atoms with Crippen LogP contribution in [0.25, 0.3) is 0 Å². The van der Waals surface area contributed by atoms with E-state index in [9.17, 15) is 9.59 Å². The lowest BCUT2D eigenvalue weighted by Crippen LogP contribution is -2.22. The van der Waals surface area contributed by atoms with E-state index in [4.69, 9.17) is 0 Å². The normalized spacial score (nSPS) is 14.5. The van der Waals surface area contributed by atoms with E-state index in [0.29, 0.717) is 18.7 Å². The number of rotatable bonds is 5. The van der Waals surface area contributed by atoms with Crippen molar-refractivity contribution in [2.45, 2.75) is 33.4 Å². The minimum Gasteiger partial charge on any atom is -0.363 e. The minimum atomic E-state index is 0.0239. The number of anilines is 1. The molecule has 24 heavy (non-hydrogen) atoms. The van der Waals surface area contributed by atoms with Crippen LogP contribution in [0.3, 0.4) is 0 Å². The molecule has 5 heteroatoms. The smallest absolute Gasteiger partial charge is 0.254 e. The van der Waals surface area contributed by atoms with Crippen molar-refractivity contribution in [2.75, 3.05) is 11.9 Å². The van der Waals surface area contributed by atoms with Crippen molar-refractivity contribution in [3.63, 3.8) is 0 Å². The van der Waals surface area contributed by atoms with E-state index in [-0.39, 0.29) is 17.7 Å². The highest BCUT2D eigenvalue weighted by atomic mass is 16.2. The predicted molar refractivity (Wildman–Crippen MR) is 93.1 cm³/mol. The van der Waals surface area contributed by atoms with Crippen LogP contribution in [-0.2, 0) is 6.54 Å². The third-order valence-electron chi connectivity index (χ3n) is 4.47. The SMILES string of the molecule is CCN1Cc2c(ccnc2N[C@@H](C)c2ccc(C(C)=O)cc2)C1=O. The molecule has 1 aliphatic rings. The van der Waals surface area contributed by atoms with Crippen molar-refractivity contribution in [1.29, 1.82) is 0 Å². The van der Waals surface area contributed by atoms with Crippen molar-refractivity contribution in [2.24, 2.45) is 0 Å². The first-order valence-electron chi connectivity index (χ1n) is 8.15. The van der Waals surface area contributed by atoms with Gasteiger partial charge in [0.1, 0.15) is 5.82 Å². The van der Waals surface area contributed by atoms with Gasteiger partial charge in [-0.2, -0.15) is 0 Å². The molecule has 2 heterocycles. The summed E-state index contributed by atoms with van der Waals surface area (Å²) >= 11 is 0.